The predicted molar refractivity (Wildman–Crippen MR) is 71.3 cm³/mol. The van der Waals surface area contributed by atoms with Crippen molar-refractivity contribution in [2.75, 3.05) is 7.05 Å². The lowest BCUT2D eigenvalue weighted by Crippen LogP contribution is -2.25. The number of hydrogen-bond acceptors (Lipinski definition) is 2. The molecule has 0 spiro atoms. The first-order valence-electron chi connectivity index (χ1n) is 6.28. The Hall–Kier alpha value is -0.540. The monoisotopic (exact) mass is 255 g/mol. The molecule has 1 saturated carbocycles. The number of aromatic nitrogens is 2. The molecule has 1 aromatic rings. The fourth-order valence-corrected chi connectivity index (χ4v) is 2.91. The van der Waals surface area contributed by atoms with E-state index in [-0.39, 0.29) is 0 Å². The maximum Gasteiger partial charge on any atom is 0.0834 e. The van der Waals surface area contributed by atoms with Crippen molar-refractivity contribution in [1.29, 1.82) is 0 Å². The largest absolute Gasteiger partial charge is 0.311 e. The maximum atomic E-state index is 6.30. The molecular formula is C13H22ClN3. The first kappa shape index (κ1) is 12.9. The third-order valence-corrected chi connectivity index (χ3v) is 4.16. The third-order valence-electron chi connectivity index (χ3n) is 3.87. The molecule has 3 nitrogen and oxygen atoms in total. The van der Waals surface area contributed by atoms with Gasteiger partial charge in [-0.15, -0.1) is 0 Å². The van der Waals surface area contributed by atoms with Gasteiger partial charge in [-0.3, -0.25) is 4.68 Å². The van der Waals surface area contributed by atoms with E-state index in [1.54, 1.807) is 6.20 Å². The second-order valence-electron chi connectivity index (χ2n) is 5.98. The standard InChI is InChI=1S/C13H22ClN3/c1-8(2)17-12(10(14)7-16-17)11(15-5)9-6-13(9,3)4/h7-9,11,15H,6H2,1-5H3. The van der Waals surface area contributed by atoms with Gasteiger partial charge in [0.2, 0.25) is 0 Å². The molecule has 0 amide bonds. The zero-order chi connectivity index (χ0) is 12.8. The van der Waals surface area contributed by atoms with Crippen LogP contribution in [0.5, 0.6) is 0 Å². The lowest BCUT2D eigenvalue weighted by atomic mass is 10.0. The Morgan fingerprint density at radius 3 is 2.53 bits per heavy atom. The SMILES string of the molecule is CNC(c1c(Cl)cnn1C(C)C)C1CC1(C)C. The predicted octanol–water partition coefficient (Wildman–Crippen LogP) is 3.42. The minimum Gasteiger partial charge on any atom is -0.311 e. The van der Waals surface area contributed by atoms with Gasteiger partial charge in [-0.1, -0.05) is 25.4 Å². The second-order valence-corrected chi connectivity index (χ2v) is 6.39. The highest BCUT2D eigenvalue weighted by molar-refractivity contribution is 6.31. The van der Waals surface area contributed by atoms with Crippen LogP contribution >= 0.6 is 11.6 Å². The van der Waals surface area contributed by atoms with Gasteiger partial charge in [0.15, 0.2) is 0 Å². The molecule has 0 saturated heterocycles. The van der Waals surface area contributed by atoms with Crippen molar-refractivity contribution < 1.29 is 0 Å². The highest BCUT2D eigenvalue weighted by atomic mass is 35.5. The van der Waals surface area contributed by atoms with E-state index in [2.05, 4.69) is 38.1 Å². The van der Waals surface area contributed by atoms with E-state index in [9.17, 15) is 0 Å². The number of nitrogens with zero attached hydrogens (tertiary/aromatic N) is 2. The van der Waals surface area contributed by atoms with Gasteiger partial charge in [0, 0.05) is 6.04 Å². The van der Waals surface area contributed by atoms with Gasteiger partial charge in [-0.05, 0) is 38.6 Å². The smallest absolute Gasteiger partial charge is 0.0834 e. The Bertz CT molecular complexity index is 409. The highest BCUT2D eigenvalue weighted by Gasteiger charge is 2.51. The summed E-state index contributed by atoms with van der Waals surface area (Å²) in [7, 11) is 2.01. The van der Waals surface area contributed by atoms with Crippen LogP contribution in [0.2, 0.25) is 5.02 Å². The summed E-state index contributed by atoms with van der Waals surface area (Å²) in [4.78, 5) is 0. The second kappa shape index (κ2) is 4.29. The topological polar surface area (TPSA) is 29.9 Å². The van der Waals surface area contributed by atoms with Gasteiger partial charge in [-0.2, -0.15) is 5.10 Å². The van der Waals surface area contributed by atoms with Crippen molar-refractivity contribution in [2.24, 2.45) is 11.3 Å². The molecule has 1 aromatic heterocycles. The number of rotatable bonds is 4. The summed E-state index contributed by atoms with van der Waals surface area (Å²) in [6, 6.07) is 0.651. The van der Waals surface area contributed by atoms with Crippen LogP contribution < -0.4 is 5.32 Å². The van der Waals surface area contributed by atoms with Gasteiger partial charge in [0.1, 0.15) is 0 Å². The van der Waals surface area contributed by atoms with Crippen molar-refractivity contribution in [3.05, 3.63) is 16.9 Å². The number of nitrogens with one attached hydrogen (secondary N) is 1. The lowest BCUT2D eigenvalue weighted by molar-refractivity contribution is 0.395. The van der Waals surface area contributed by atoms with Crippen molar-refractivity contribution >= 4 is 11.6 Å². The van der Waals surface area contributed by atoms with E-state index in [1.807, 2.05) is 11.7 Å². The van der Waals surface area contributed by atoms with E-state index in [1.165, 1.54) is 6.42 Å². The molecule has 1 fully saturated rings. The Kier molecular flexibility index (Phi) is 3.25. The summed E-state index contributed by atoms with van der Waals surface area (Å²) >= 11 is 6.30. The summed E-state index contributed by atoms with van der Waals surface area (Å²) in [5, 5.41) is 8.58. The van der Waals surface area contributed by atoms with E-state index < -0.39 is 0 Å². The van der Waals surface area contributed by atoms with Gasteiger partial charge in [0.25, 0.3) is 0 Å². The molecule has 1 aliphatic rings. The summed E-state index contributed by atoms with van der Waals surface area (Å²) in [6.07, 6.45) is 3.01. The average molecular weight is 256 g/mol. The van der Waals surface area contributed by atoms with Gasteiger partial charge < -0.3 is 5.32 Å². The lowest BCUT2D eigenvalue weighted by Gasteiger charge is -2.22. The van der Waals surface area contributed by atoms with E-state index >= 15 is 0 Å². The molecule has 4 heteroatoms. The molecule has 1 heterocycles. The molecule has 1 N–H and O–H groups in total. The van der Waals surface area contributed by atoms with Crippen LogP contribution in [0.15, 0.2) is 6.20 Å². The van der Waals surface area contributed by atoms with Gasteiger partial charge in [-0.25, -0.2) is 0 Å². The van der Waals surface area contributed by atoms with Crippen LogP contribution in [-0.2, 0) is 0 Å². The quantitative estimate of drug-likeness (QED) is 0.894. The molecule has 0 radical (unpaired) electrons. The van der Waals surface area contributed by atoms with Crippen LogP contribution in [0.3, 0.4) is 0 Å². The Morgan fingerprint density at radius 1 is 1.53 bits per heavy atom. The minimum absolute atomic E-state index is 0.308. The van der Waals surface area contributed by atoms with Crippen LogP contribution in [0.25, 0.3) is 0 Å². The van der Waals surface area contributed by atoms with E-state index in [0.29, 0.717) is 23.4 Å². The Labute approximate surface area is 109 Å². The van der Waals surface area contributed by atoms with E-state index in [0.717, 1.165) is 10.7 Å². The first-order chi connectivity index (χ1) is 7.88. The molecular weight excluding hydrogens is 234 g/mol. The molecule has 2 rings (SSSR count). The van der Waals surface area contributed by atoms with Crippen molar-refractivity contribution in [1.82, 2.24) is 15.1 Å². The van der Waals surface area contributed by atoms with Crippen LogP contribution in [-0.4, -0.2) is 16.8 Å². The fraction of sp³-hybridized carbons (Fsp3) is 0.769. The van der Waals surface area contributed by atoms with Crippen molar-refractivity contribution in [2.45, 2.75) is 46.2 Å². The molecule has 0 bridgehead atoms. The first-order valence-corrected chi connectivity index (χ1v) is 6.66. The molecule has 0 aromatic carbocycles. The molecule has 2 unspecified atom stereocenters. The number of hydrogen-bond donors (Lipinski definition) is 1. The molecule has 0 aliphatic heterocycles. The summed E-state index contributed by atoms with van der Waals surface area (Å²) < 4.78 is 2.04. The zero-order valence-corrected chi connectivity index (χ0v) is 12.0. The average Bonchev–Trinajstić information content (AvgIpc) is 2.68. The minimum atomic E-state index is 0.308. The maximum absolute atomic E-state index is 6.30. The summed E-state index contributed by atoms with van der Waals surface area (Å²) in [5.41, 5.74) is 1.56. The van der Waals surface area contributed by atoms with Crippen LogP contribution in [0.4, 0.5) is 0 Å². The van der Waals surface area contributed by atoms with Crippen LogP contribution in [0.1, 0.15) is 51.9 Å². The summed E-state index contributed by atoms with van der Waals surface area (Å²) in [5.74, 6) is 0.652. The van der Waals surface area contributed by atoms with Crippen LogP contribution in [0, 0.1) is 11.3 Å². The summed E-state index contributed by atoms with van der Waals surface area (Å²) in [6.45, 7) is 8.90. The van der Waals surface area contributed by atoms with Gasteiger partial charge >= 0.3 is 0 Å². The van der Waals surface area contributed by atoms with Crippen molar-refractivity contribution in [3.63, 3.8) is 0 Å². The highest BCUT2D eigenvalue weighted by Crippen LogP contribution is 2.58. The third kappa shape index (κ3) is 2.23. The Morgan fingerprint density at radius 2 is 2.12 bits per heavy atom. The van der Waals surface area contributed by atoms with Gasteiger partial charge in [0.05, 0.1) is 23.0 Å². The molecule has 96 valence electrons. The Balaban J connectivity index is 2.34. The number of halogens is 1. The van der Waals surface area contributed by atoms with E-state index in [4.69, 9.17) is 11.6 Å². The normalized spacial score (nSPS) is 24.1. The fourth-order valence-electron chi connectivity index (χ4n) is 2.66. The molecule has 17 heavy (non-hydrogen) atoms. The molecule has 1 aliphatic carbocycles. The zero-order valence-electron chi connectivity index (χ0n) is 11.3. The molecule has 2 atom stereocenters. The van der Waals surface area contributed by atoms with Crippen molar-refractivity contribution in [3.8, 4) is 0 Å².